The molecule has 2 aromatic rings. The molecule has 0 aliphatic carbocycles. The zero-order valence-corrected chi connectivity index (χ0v) is 16.6. The number of H-pyrrole nitrogens is 1. The second-order valence-corrected chi connectivity index (χ2v) is 7.97. The van der Waals surface area contributed by atoms with Crippen molar-refractivity contribution in [2.24, 2.45) is 5.92 Å². The number of aromatic amines is 1. The van der Waals surface area contributed by atoms with Crippen molar-refractivity contribution in [3.63, 3.8) is 0 Å². The van der Waals surface area contributed by atoms with Crippen molar-refractivity contribution in [1.29, 1.82) is 0 Å². The first-order chi connectivity index (χ1) is 12.9. The predicted molar refractivity (Wildman–Crippen MR) is 108 cm³/mol. The number of rotatable bonds is 7. The van der Waals surface area contributed by atoms with E-state index in [1.165, 1.54) is 0 Å². The Hall–Kier alpha value is -2.05. The van der Waals surface area contributed by atoms with E-state index in [1.54, 1.807) is 0 Å². The minimum Gasteiger partial charge on any atom is -0.357 e. The number of amides is 2. The van der Waals surface area contributed by atoms with Crippen LogP contribution in [0.5, 0.6) is 0 Å². The fourth-order valence-electron chi connectivity index (χ4n) is 3.38. The lowest BCUT2D eigenvalue weighted by atomic mass is 10.1. The van der Waals surface area contributed by atoms with Crippen LogP contribution in [0.4, 0.5) is 0 Å². The molecule has 1 aromatic carbocycles. The average Bonchev–Trinajstić information content (AvgIpc) is 3.02. The molecule has 1 atom stereocenters. The fourth-order valence-corrected chi connectivity index (χ4v) is 3.56. The lowest BCUT2D eigenvalue weighted by Gasteiger charge is -2.35. The topological polar surface area (TPSA) is 77.2 Å². The molecule has 2 amide bonds. The zero-order valence-electron chi connectivity index (χ0n) is 15.8. The Kier molecular flexibility index (Phi) is 6.39. The minimum atomic E-state index is -0.390. The Labute approximate surface area is 164 Å². The zero-order chi connectivity index (χ0) is 19.4. The first kappa shape index (κ1) is 19.7. The van der Waals surface area contributed by atoms with Crippen LogP contribution in [0.25, 0.3) is 10.9 Å². The van der Waals surface area contributed by atoms with Crippen molar-refractivity contribution < 1.29 is 9.59 Å². The van der Waals surface area contributed by atoms with Gasteiger partial charge in [0.05, 0.1) is 19.0 Å². The molecule has 0 saturated carbocycles. The summed E-state index contributed by atoms with van der Waals surface area (Å²) in [6.07, 6.45) is 1.19. The second-order valence-electron chi connectivity index (χ2n) is 7.53. The highest BCUT2D eigenvalue weighted by Crippen LogP contribution is 2.20. The molecule has 0 spiro atoms. The third-order valence-corrected chi connectivity index (χ3v) is 5.16. The summed E-state index contributed by atoms with van der Waals surface area (Å²) in [6.45, 7) is 7.00. The molecule has 1 saturated heterocycles. The van der Waals surface area contributed by atoms with Crippen LogP contribution in [0, 0.1) is 5.92 Å². The molecule has 1 aliphatic heterocycles. The number of benzene rings is 1. The number of nitrogens with zero attached hydrogens (tertiary/aromatic N) is 1. The van der Waals surface area contributed by atoms with Crippen LogP contribution in [-0.2, 0) is 16.1 Å². The number of aromatic nitrogens is 1. The van der Waals surface area contributed by atoms with Gasteiger partial charge in [0.15, 0.2) is 0 Å². The van der Waals surface area contributed by atoms with Gasteiger partial charge in [0.25, 0.3) is 0 Å². The van der Waals surface area contributed by atoms with Gasteiger partial charge in [-0.15, -0.1) is 0 Å². The van der Waals surface area contributed by atoms with Gasteiger partial charge in [-0.25, -0.2) is 0 Å². The van der Waals surface area contributed by atoms with E-state index in [0.29, 0.717) is 24.0 Å². The highest BCUT2D eigenvalue weighted by molar-refractivity contribution is 6.31. The van der Waals surface area contributed by atoms with E-state index in [4.69, 9.17) is 11.6 Å². The standard InChI is InChI=1S/C20H27ClN4O2/c1-13(2)5-7-25-8-6-22-20(27)18(25)11-19(26)23-12-16-10-14-9-15(21)3-4-17(14)24-16/h3-4,9-10,13,18,24H,5-8,11-12H2,1-2H3,(H,22,27)(H,23,26). The maximum absolute atomic E-state index is 12.4. The van der Waals surface area contributed by atoms with Crippen molar-refractivity contribution >= 4 is 34.3 Å². The Balaban J connectivity index is 1.56. The first-order valence-electron chi connectivity index (χ1n) is 9.48. The molecule has 2 heterocycles. The van der Waals surface area contributed by atoms with Crippen LogP contribution in [0.2, 0.25) is 5.02 Å². The molecule has 6 nitrogen and oxygen atoms in total. The number of carbonyl (C=O) groups excluding carboxylic acids is 2. The third-order valence-electron chi connectivity index (χ3n) is 4.93. The van der Waals surface area contributed by atoms with Gasteiger partial charge in [-0.2, -0.15) is 0 Å². The summed E-state index contributed by atoms with van der Waals surface area (Å²) in [6, 6.07) is 7.22. The van der Waals surface area contributed by atoms with Gasteiger partial charge in [0.2, 0.25) is 11.8 Å². The van der Waals surface area contributed by atoms with E-state index in [-0.39, 0.29) is 24.3 Å². The van der Waals surface area contributed by atoms with E-state index in [1.807, 2.05) is 24.3 Å². The summed E-state index contributed by atoms with van der Waals surface area (Å²) in [5.41, 5.74) is 1.89. The van der Waals surface area contributed by atoms with E-state index < -0.39 is 0 Å². The van der Waals surface area contributed by atoms with Crippen LogP contribution in [0.1, 0.15) is 32.4 Å². The molecular weight excluding hydrogens is 364 g/mol. The van der Waals surface area contributed by atoms with Crippen LogP contribution in [0.3, 0.4) is 0 Å². The number of halogens is 1. The Morgan fingerprint density at radius 1 is 1.37 bits per heavy atom. The maximum Gasteiger partial charge on any atom is 0.237 e. The predicted octanol–water partition coefficient (Wildman–Crippen LogP) is 2.67. The lowest BCUT2D eigenvalue weighted by molar-refractivity contribution is -0.134. The molecule has 3 N–H and O–H groups in total. The molecule has 1 unspecified atom stereocenters. The van der Waals surface area contributed by atoms with Gasteiger partial charge in [-0.3, -0.25) is 14.5 Å². The molecule has 0 radical (unpaired) electrons. The summed E-state index contributed by atoms with van der Waals surface area (Å²) >= 11 is 6.01. The normalized spacial score (nSPS) is 18.1. The van der Waals surface area contributed by atoms with E-state index in [0.717, 1.165) is 36.1 Å². The van der Waals surface area contributed by atoms with E-state index in [9.17, 15) is 9.59 Å². The van der Waals surface area contributed by atoms with Crippen LogP contribution in [-0.4, -0.2) is 47.4 Å². The Morgan fingerprint density at radius 3 is 2.96 bits per heavy atom. The fraction of sp³-hybridized carbons (Fsp3) is 0.500. The summed E-state index contributed by atoms with van der Waals surface area (Å²) < 4.78 is 0. The summed E-state index contributed by atoms with van der Waals surface area (Å²) in [5.74, 6) is 0.392. The minimum absolute atomic E-state index is 0.0552. The molecule has 1 aliphatic rings. The van der Waals surface area contributed by atoms with Crippen LogP contribution < -0.4 is 10.6 Å². The number of fused-ring (bicyclic) bond motifs is 1. The Bertz CT molecular complexity index is 817. The van der Waals surface area contributed by atoms with Gasteiger partial charge < -0.3 is 15.6 Å². The smallest absolute Gasteiger partial charge is 0.237 e. The molecule has 1 fully saturated rings. The van der Waals surface area contributed by atoms with Crippen molar-refractivity contribution in [3.8, 4) is 0 Å². The molecule has 146 valence electrons. The number of piperazine rings is 1. The van der Waals surface area contributed by atoms with Gasteiger partial charge >= 0.3 is 0 Å². The summed E-state index contributed by atoms with van der Waals surface area (Å²) in [5, 5.41) is 7.49. The highest BCUT2D eigenvalue weighted by Gasteiger charge is 2.31. The van der Waals surface area contributed by atoms with Gasteiger partial charge in [0.1, 0.15) is 0 Å². The maximum atomic E-state index is 12.4. The van der Waals surface area contributed by atoms with E-state index in [2.05, 4.69) is 34.4 Å². The van der Waals surface area contributed by atoms with Gasteiger partial charge in [0, 0.05) is 34.7 Å². The summed E-state index contributed by atoms with van der Waals surface area (Å²) in [7, 11) is 0. The van der Waals surface area contributed by atoms with Crippen LogP contribution in [0.15, 0.2) is 24.3 Å². The quantitative estimate of drug-likeness (QED) is 0.680. The number of hydrogen-bond donors (Lipinski definition) is 3. The van der Waals surface area contributed by atoms with Crippen molar-refractivity contribution in [2.45, 2.75) is 39.3 Å². The molecule has 3 rings (SSSR count). The molecule has 0 bridgehead atoms. The molecule has 7 heteroatoms. The van der Waals surface area contributed by atoms with Crippen molar-refractivity contribution in [3.05, 3.63) is 35.0 Å². The molecule has 1 aromatic heterocycles. The second kappa shape index (κ2) is 8.76. The molecule has 27 heavy (non-hydrogen) atoms. The van der Waals surface area contributed by atoms with Crippen molar-refractivity contribution in [1.82, 2.24) is 20.5 Å². The largest absolute Gasteiger partial charge is 0.357 e. The van der Waals surface area contributed by atoms with Gasteiger partial charge in [-0.1, -0.05) is 25.4 Å². The lowest BCUT2D eigenvalue weighted by Crippen LogP contribution is -2.56. The average molecular weight is 391 g/mol. The molecular formula is C20H27ClN4O2. The van der Waals surface area contributed by atoms with Crippen LogP contribution >= 0.6 is 11.6 Å². The number of carbonyl (C=O) groups is 2. The number of nitrogens with one attached hydrogen (secondary N) is 3. The first-order valence-corrected chi connectivity index (χ1v) is 9.86. The third kappa shape index (κ3) is 5.23. The highest BCUT2D eigenvalue weighted by atomic mass is 35.5. The van der Waals surface area contributed by atoms with E-state index >= 15 is 0 Å². The summed E-state index contributed by atoms with van der Waals surface area (Å²) in [4.78, 5) is 30.1. The monoisotopic (exact) mass is 390 g/mol. The van der Waals surface area contributed by atoms with Gasteiger partial charge in [-0.05, 0) is 43.1 Å². The Morgan fingerprint density at radius 2 is 2.19 bits per heavy atom. The van der Waals surface area contributed by atoms with Crippen molar-refractivity contribution in [2.75, 3.05) is 19.6 Å². The SMILES string of the molecule is CC(C)CCN1CCNC(=O)C1CC(=O)NCc1cc2cc(Cl)ccc2[nH]1. The number of hydrogen-bond acceptors (Lipinski definition) is 3.